The molecule has 1 unspecified atom stereocenters. The molecule has 1 aromatic rings. The Labute approximate surface area is 129 Å². The predicted molar refractivity (Wildman–Crippen MR) is 79.4 cm³/mol. The van der Waals surface area contributed by atoms with Crippen LogP contribution in [0.4, 0.5) is 0 Å². The summed E-state index contributed by atoms with van der Waals surface area (Å²) in [6.45, 7) is 2.51. The summed E-state index contributed by atoms with van der Waals surface area (Å²) < 4.78 is 0. The molecule has 1 saturated carbocycles. The molecule has 6 nitrogen and oxygen atoms in total. The van der Waals surface area contributed by atoms with E-state index in [2.05, 4.69) is 0 Å². The molecule has 0 aliphatic heterocycles. The van der Waals surface area contributed by atoms with Crippen LogP contribution in [0.15, 0.2) is 24.3 Å². The van der Waals surface area contributed by atoms with E-state index in [1.807, 2.05) is 26.0 Å². The first-order valence-electron chi connectivity index (χ1n) is 7.35. The molecule has 0 bridgehead atoms. The van der Waals surface area contributed by atoms with Crippen LogP contribution in [0, 0.1) is 0 Å². The fraction of sp³-hybridized carbons (Fsp3) is 0.625. The van der Waals surface area contributed by atoms with E-state index in [4.69, 9.17) is 5.11 Å². The van der Waals surface area contributed by atoms with Gasteiger partial charge >= 0.3 is 0 Å². The summed E-state index contributed by atoms with van der Waals surface area (Å²) in [5.74, 6) is -0.803. The first-order chi connectivity index (χ1) is 10.2. The molecule has 1 aliphatic rings. The topological polar surface area (TPSA) is 121 Å². The standard InChI is InChI=1S/C16H24O6/c1-9(2)10-3-5-11(6-4-10)13-15(21,8-18)14(20)16(13,22)12(19)7-17/h3-6,9,12-14,17-22H,7-8H2,1-2H3/t12-,13?,14-,15-,16+/m1/s1. The molecule has 2 rings (SSSR count). The maximum absolute atomic E-state index is 10.6. The first-order valence-corrected chi connectivity index (χ1v) is 7.35. The lowest BCUT2D eigenvalue weighted by molar-refractivity contribution is -0.327. The second kappa shape index (κ2) is 5.88. The van der Waals surface area contributed by atoms with Crippen LogP contribution in [0.1, 0.15) is 36.8 Å². The fourth-order valence-corrected chi connectivity index (χ4v) is 3.35. The minimum Gasteiger partial charge on any atom is -0.394 e. The highest BCUT2D eigenvalue weighted by molar-refractivity contribution is 5.39. The van der Waals surface area contributed by atoms with Crippen molar-refractivity contribution in [1.82, 2.24) is 0 Å². The number of hydrogen-bond acceptors (Lipinski definition) is 6. The van der Waals surface area contributed by atoms with Gasteiger partial charge in [0.25, 0.3) is 0 Å². The van der Waals surface area contributed by atoms with Gasteiger partial charge in [0.05, 0.1) is 19.1 Å². The van der Waals surface area contributed by atoms with Gasteiger partial charge in [0.15, 0.2) is 0 Å². The van der Waals surface area contributed by atoms with Crippen LogP contribution >= 0.6 is 0 Å². The zero-order valence-electron chi connectivity index (χ0n) is 12.7. The van der Waals surface area contributed by atoms with Crippen molar-refractivity contribution >= 4 is 0 Å². The molecule has 1 aliphatic carbocycles. The highest BCUT2D eigenvalue weighted by atomic mass is 16.4. The summed E-state index contributed by atoms with van der Waals surface area (Å²) in [6, 6.07) is 7.02. The molecule has 0 heterocycles. The molecule has 1 fully saturated rings. The van der Waals surface area contributed by atoms with E-state index in [0.29, 0.717) is 11.5 Å². The smallest absolute Gasteiger partial charge is 0.131 e. The second-order valence-corrected chi connectivity index (χ2v) is 6.39. The molecule has 6 N–H and O–H groups in total. The van der Waals surface area contributed by atoms with Crippen molar-refractivity contribution in [3.8, 4) is 0 Å². The normalized spacial score (nSPS) is 36.2. The van der Waals surface area contributed by atoms with Crippen molar-refractivity contribution in [2.45, 2.75) is 49.1 Å². The maximum atomic E-state index is 10.6. The number of aliphatic hydroxyl groups excluding tert-OH is 4. The van der Waals surface area contributed by atoms with Gasteiger partial charge in [0.1, 0.15) is 23.4 Å². The molecule has 1 aromatic carbocycles. The number of aliphatic hydroxyl groups is 6. The van der Waals surface area contributed by atoms with Crippen molar-refractivity contribution in [3.63, 3.8) is 0 Å². The summed E-state index contributed by atoms with van der Waals surface area (Å²) in [7, 11) is 0. The van der Waals surface area contributed by atoms with Gasteiger partial charge in [0.2, 0.25) is 0 Å². The zero-order valence-corrected chi connectivity index (χ0v) is 12.7. The third kappa shape index (κ3) is 2.27. The average Bonchev–Trinajstić information content (AvgIpc) is 2.53. The monoisotopic (exact) mass is 312 g/mol. The quantitative estimate of drug-likeness (QED) is 0.418. The largest absolute Gasteiger partial charge is 0.394 e. The Hall–Kier alpha value is -1.02. The SMILES string of the molecule is CC(C)c1ccc(C2[C@@](O)([C@H](O)CO)[C@H](O)[C@@]2(O)CO)cc1. The summed E-state index contributed by atoms with van der Waals surface area (Å²) in [4.78, 5) is 0. The van der Waals surface area contributed by atoms with E-state index in [9.17, 15) is 25.5 Å². The molecular formula is C16H24O6. The summed E-state index contributed by atoms with van der Waals surface area (Å²) in [5, 5.41) is 59.4. The molecular weight excluding hydrogens is 288 g/mol. The predicted octanol–water partition coefficient (Wildman–Crippen LogP) is -0.924. The van der Waals surface area contributed by atoms with Gasteiger partial charge in [-0.1, -0.05) is 38.1 Å². The Morgan fingerprint density at radius 3 is 2.05 bits per heavy atom. The highest BCUT2D eigenvalue weighted by Gasteiger charge is 2.73. The lowest BCUT2D eigenvalue weighted by Gasteiger charge is -2.61. The van der Waals surface area contributed by atoms with Gasteiger partial charge in [-0.3, -0.25) is 0 Å². The van der Waals surface area contributed by atoms with E-state index in [1.54, 1.807) is 12.1 Å². The first kappa shape index (κ1) is 17.3. The summed E-state index contributed by atoms with van der Waals surface area (Å²) >= 11 is 0. The Morgan fingerprint density at radius 1 is 1.09 bits per heavy atom. The molecule has 5 atom stereocenters. The third-order valence-corrected chi connectivity index (χ3v) is 4.77. The molecule has 22 heavy (non-hydrogen) atoms. The zero-order chi connectivity index (χ0) is 16.7. The maximum Gasteiger partial charge on any atom is 0.131 e. The van der Waals surface area contributed by atoms with Gasteiger partial charge in [0, 0.05) is 0 Å². The van der Waals surface area contributed by atoms with Gasteiger partial charge in [-0.05, 0) is 17.0 Å². The van der Waals surface area contributed by atoms with Gasteiger partial charge in [-0.2, -0.15) is 0 Å². The molecule has 0 aromatic heterocycles. The molecule has 0 radical (unpaired) electrons. The van der Waals surface area contributed by atoms with Gasteiger partial charge in [-0.15, -0.1) is 0 Å². The minimum absolute atomic E-state index is 0.305. The van der Waals surface area contributed by atoms with Crippen LogP contribution < -0.4 is 0 Å². The second-order valence-electron chi connectivity index (χ2n) is 6.39. The van der Waals surface area contributed by atoms with Crippen LogP contribution in [0.3, 0.4) is 0 Å². The molecule has 6 heteroatoms. The Bertz CT molecular complexity index is 516. The molecule has 0 amide bonds. The lowest BCUT2D eigenvalue weighted by atomic mass is 9.51. The lowest BCUT2D eigenvalue weighted by Crippen LogP contribution is -2.81. The Balaban J connectivity index is 2.43. The van der Waals surface area contributed by atoms with Gasteiger partial charge in [-0.25, -0.2) is 0 Å². The van der Waals surface area contributed by atoms with E-state index >= 15 is 0 Å². The van der Waals surface area contributed by atoms with Crippen molar-refractivity contribution in [1.29, 1.82) is 0 Å². The van der Waals surface area contributed by atoms with E-state index in [1.165, 1.54) is 0 Å². The Morgan fingerprint density at radius 2 is 1.64 bits per heavy atom. The molecule has 124 valence electrons. The van der Waals surface area contributed by atoms with Crippen LogP contribution in [-0.2, 0) is 0 Å². The van der Waals surface area contributed by atoms with Crippen LogP contribution in [0.25, 0.3) is 0 Å². The number of benzene rings is 1. The van der Waals surface area contributed by atoms with Crippen molar-refractivity contribution in [2.75, 3.05) is 13.2 Å². The third-order valence-electron chi connectivity index (χ3n) is 4.77. The van der Waals surface area contributed by atoms with Gasteiger partial charge < -0.3 is 30.6 Å². The minimum atomic E-state index is -2.12. The summed E-state index contributed by atoms with van der Waals surface area (Å²) in [6.07, 6.45) is -3.40. The Kier molecular flexibility index (Phi) is 4.64. The number of rotatable bonds is 5. The molecule has 0 spiro atoms. The average molecular weight is 312 g/mol. The fourth-order valence-electron chi connectivity index (χ4n) is 3.35. The van der Waals surface area contributed by atoms with Crippen molar-refractivity contribution in [3.05, 3.63) is 35.4 Å². The van der Waals surface area contributed by atoms with Crippen molar-refractivity contribution in [2.24, 2.45) is 0 Å². The van der Waals surface area contributed by atoms with Crippen molar-refractivity contribution < 1.29 is 30.6 Å². The highest BCUT2D eigenvalue weighted by Crippen LogP contribution is 2.55. The summed E-state index contributed by atoms with van der Waals surface area (Å²) in [5.41, 5.74) is -2.56. The van der Waals surface area contributed by atoms with E-state index in [-0.39, 0.29) is 0 Å². The van der Waals surface area contributed by atoms with E-state index < -0.39 is 42.5 Å². The van der Waals surface area contributed by atoms with Crippen LogP contribution in [0.2, 0.25) is 0 Å². The molecule has 0 saturated heterocycles. The van der Waals surface area contributed by atoms with E-state index in [0.717, 1.165) is 5.56 Å². The number of hydrogen-bond donors (Lipinski definition) is 6. The van der Waals surface area contributed by atoms with Crippen LogP contribution in [0.5, 0.6) is 0 Å². The van der Waals surface area contributed by atoms with Crippen LogP contribution in [-0.4, -0.2) is 67.3 Å².